The normalized spacial score (nSPS) is 18.9. The standard InChI is InChI=1S/C21H31N3O5/c1-6-16(7-2)23(12-13-28-4)18(25)14-24-19(26)21(3,22-20(24)27)15-8-10-17(29-5)11-9-15/h8-11,16H,6-7,12-14H2,1-5H3,(H,22,27). The van der Waals surface area contributed by atoms with Gasteiger partial charge in [0.05, 0.1) is 13.7 Å². The van der Waals surface area contributed by atoms with Crippen molar-refractivity contribution in [1.29, 1.82) is 0 Å². The number of urea groups is 1. The number of rotatable bonds is 10. The second-order valence-corrected chi connectivity index (χ2v) is 7.23. The van der Waals surface area contributed by atoms with E-state index in [9.17, 15) is 14.4 Å². The number of hydrogen-bond acceptors (Lipinski definition) is 5. The molecule has 4 amide bonds. The number of hydrogen-bond donors (Lipinski definition) is 1. The van der Waals surface area contributed by atoms with E-state index in [4.69, 9.17) is 9.47 Å². The van der Waals surface area contributed by atoms with Gasteiger partial charge >= 0.3 is 6.03 Å². The fraction of sp³-hybridized carbons (Fsp3) is 0.571. The van der Waals surface area contributed by atoms with Gasteiger partial charge in [-0.1, -0.05) is 26.0 Å². The van der Waals surface area contributed by atoms with Crippen molar-refractivity contribution in [2.75, 3.05) is 33.9 Å². The number of amides is 4. The van der Waals surface area contributed by atoms with Gasteiger partial charge in [0, 0.05) is 19.7 Å². The van der Waals surface area contributed by atoms with E-state index in [1.807, 2.05) is 13.8 Å². The van der Waals surface area contributed by atoms with Crippen LogP contribution in [-0.2, 0) is 19.9 Å². The average Bonchev–Trinajstić information content (AvgIpc) is 2.95. The third-order valence-electron chi connectivity index (χ3n) is 5.48. The highest BCUT2D eigenvalue weighted by Crippen LogP contribution is 2.30. The van der Waals surface area contributed by atoms with Crippen LogP contribution in [0.15, 0.2) is 24.3 Å². The van der Waals surface area contributed by atoms with Crippen LogP contribution in [0.1, 0.15) is 39.2 Å². The van der Waals surface area contributed by atoms with E-state index < -0.39 is 17.5 Å². The molecule has 0 radical (unpaired) electrons. The third kappa shape index (κ3) is 4.70. The predicted octanol–water partition coefficient (Wildman–Crippen LogP) is 2.13. The largest absolute Gasteiger partial charge is 0.497 e. The molecule has 0 aromatic heterocycles. The predicted molar refractivity (Wildman–Crippen MR) is 109 cm³/mol. The van der Waals surface area contributed by atoms with Gasteiger partial charge in [0.15, 0.2) is 0 Å². The summed E-state index contributed by atoms with van der Waals surface area (Å²) >= 11 is 0. The van der Waals surface area contributed by atoms with Crippen LogP contribution in [0.5, 0.6) is 5.75 Å². The maximum absolute atomic E-state index is 13.1. The monoisotopic (exact) mass is 405 g/mol. The molecular weight excluding hydrogens is 374 g/mol. The Balaban J connectivity index is 2.20. The molecule has 160 valence electrons. The Hall–Kier alpha value is -2.61. The van der Waals surface area contributed by atoms with E-state index in [1.165, 1.54) is 0 Å². The molecule has 1 fully saturated rings. The second-order valence-electron chi connectivity index (χ2n) is 7.23. The van der Waals surface area contributed by atoms with Crippen LogP contribution in [0.4, 0.5) is 4.79 Å². The van der Waals surface area contributed by atoms with Gasteiger partial charge in [0.1, 0.15) is 17.8 Å². The number of imide groups is 1. The molecule has 8 heteroatoms. The van der Waals surface area contributed by atoms with Crippen molar-refractivity contribution in [3.8, 4) is 5.75 Å². The summed E-state index contributed by atoms with van der Waals surface area (Å²) < 4.78 is 10.3. The lowest BCUT2D eigenvalue weighted by atomic mass is 9.92. The van der Waals surface area contributed by atoms with Gasteiger partial charge in [-0.15, -0.1) is 0 Å². The smallest absolute Gasteiger partial charge is 0.325 e. The highest BCUT2D eigenvalue weighted by molar-refractivity contribution is 6.09. The van der Waals surface area contributed by atoms with Crippen molar-refractivity contribution >= 4 is 17.8 Å². The minimum Gasteiger partial charge on any atom is -0.497 e. The lowest BCUT2D eigenvalue weighted by Gasteiger charge is -2.31. The van der Waals surface area contributed by atoms with E-state index >= 15 is 0 Å². The Bertz CT molecular complexity index is 732. The van der Waals surface area contributed by atoms with Gasteiger partial charge < -0.3 is 19.7 Å². The number of carbonyl (C=O) groups excluding carboxylic acids is 3. The van der Waals surface area contributed by atoms with Crippen molar-refractivity contribution in [3.63, 3.8) is 0 Å². The zero-order chi connectivity index (χ0) is 21.6. The zero-order valence-corrected chi connectivity index (χ0v) is 17.9. The lowest BCUT2D eigenvalue weighted by molar-refractivity contribution is -0.140. The molecule has 1 N–H and O–H groups in total. The molecule has 29 heavy (non-hydrogen) atoms. The Labute approximate surface area is 172 Å². The molecule has 1 aliphatic rings. The molecular formula is C21H31N3O5. The minimum atomic E-state index is -1.23. The highest BCUT2D eigenvalue weighted by atomic mass is 16.5. The van der Waals surface area contributed by atoms with E-state index in [0.29, 0.717) is 24.5 Å². The van der Waals surface area contributed by atoms with Crippen molar-refractivity contribution in [3.05, 3.63) is 29.8 Å². The summed E-state index contributed by atoms with van der Waals surface area (Å²) in [7, 11) is 3.13. The van der Waals surface area contributed by atoms with Gasteiger partial charge in [-0.25, -0.2) is 4.79 Å². The highest BCUT2D eigenvalue weighted by Gasteiger charge is 2.49. The first kappa shape index (κ1) is 22.7. The van der Waals surface area contributed by atoms with E-state index in [2.05, 4.69) is 5.32 Å². The fourth-order valence-corrected chi connectivity index (χ4v) is 3.62. The van der Waals surface area contributed by atoms with Crippen LogP contribution in [-0.4, -0.2) is 67.6 Å². The molecule has 8 nitrogen and oxygen atoms in total. The Morgan fingerprint density at radius 1 is 1.17 bits per heavy atom. The first-order valence-corrected chi connectivity index (χ1v) is 9.89. The minimum absolute atomic E-state index is 0.0337. The van der Waals surface area contributed by atoms with Crippen LogP contribution in [0, 0.1) is 0 Å². The summed E-state index contributed by atoms with van der Waals surface area (Å²) in [6, 6.07) is 6.39. The van der Waals surface area contributed by atoms with Crippen molar-refractivity contribution < 1.29 is 23.9 Å². The number of carbonyl (C=O) groups is 3. The molecule has 0 spiro atoms. The summed E-state index contributed by atoms with van der Waals surface area (Å²) in [5.41, 5.74) is -0.599. The second kappa shape index (κ2) is 9.73. The molecule has 1 aromatic rings. The quantitative estimate of drug-likeness (QED) is 0.603. The third-order valence-corrected chi connectivity index (χ3v) is 5.48. The van der Waals surface area contributed by atoms with Crippen molar-refractivity contribution in [1.82, 2.24) is 15.1 Å². The van der Waals surface area contributed by atoms with Crippen LogP contribution in [0.3, 0.4) is 0 Å². The number of ether oxygens (including phenoxy) is 2. The van der Waals surface area contributed by atoms with Crippen LogP contribution in [0.2, 0.25) is 0 Å². The number of nitrogens with one attached hydrogen (secondary N) is 1. The molecule has 1 heterocycles. The Morgan fingerprint density at radius 2 is 1.79 bits per heavy atom. The molecule has 1 atom stereocenters. The SMILES string of the molecule is CCC(CC)N(CCOC)C(=O)CN1C(=O)NC(C)(c2ccc(OC)cc2)C1=O. The summed E-state index contributed by atoms with van der Waals surface area (Å²) in [5.74, 6) is -0.0596. The molecule has 0 bridgehead atoms. The van der Waals surface area contributed by atoms with Crippen LogP contribution < -0.4 is 10.1 Å². The lowest BCUT2D eigenvalue weighted by Crippen LogP contribution is -2.48. The Morgan fingerprint density at radius 3 is 2.31 bits per heavy atom. The van der Waals surface area contributed by atoms with E-state index in [1.54, 1.807) is 50.3 Å². The molecule has 1 aromatic carbocycles. The maximum atomic E-state index is 13.1. The summed E-state index contributed by atoms with van der Waals surface area (Å²) in [6.07, 6.45) is 1.57. The first-order valence-electron chi connectivity index (χ1n) is 9.89. The maximum Gasteiger partial charge on any atom is 0.325 e. The van der Waals surface area contributed by atoms with Gasteiger partial charge in [-0.05, 0) is 37.5 Å². The summed E-state index contributed by atoms with van der Waals surface area (Å²) in [4.78, 5) is 41.3. The molecule has 1 saturated heterocycles. The van der Waals surface area contributed by atoms with E-state index in [0.717, 1.165) is 17.7 Å². The van der Waals surface area contributed by atoms with Gasteiger partial charge in [-0.3, -0.25) is 14.5 Å². The molecule has 2 rings (SSSR count). The number of methoxy groups -OCH3 is 2. The summed E-state index contributed by atoms with van der Waals surface area (Å²) in [6.45, 7) is 6.18. The molecule has 1 unspecified atom stereocenters. The fourth-order valence-electron chi connectivity index (χ4n) is 3.62. The van der Waals surface area contributed by atoms with Gasteiger partial charge in [-0.2, -0.15) is 0 Å². The topological polar surface area (TPSA) is 88.2 Å². The van der Waals surface area contributed by atoms with Gasteiger partial charge in [0.25, 0.3) is 5.91 Å². The van der Waals surface area contributed by atoms with E-state index in [-0.39, 0.29) is 18.5 Å². The number of nitrogens with zero attached hydrogens (tertiary/aromatic N) is 2. The number of benzene rings is 1. The van der Waals surface area contributed by atoms with Crippen molar-refractivity contribution in [2.45, 2.75) is 45.2 Å². The van der Waals surface area contributed by atoms with Gasteiger partial charge in [0.2, 0.25) is 5.91 Å². The summed E-state index contributed by atoms with van der Waals surface area (Å²) in [5, 5.41) is 2.73. The molecule has 1 aliphatic heterocycles. The van der Waals surface area contributed by atoms with Crippen LogP contribution in [0.25, 0.3) is 0 Å². The Kier molecular flexibility index (Phi) is 7.61. The molecule has 0 saturated carbocycles. The molecule has 0 aliphatic carbocycles. The van der Waals surface area contributed by atoms with Crippen molar-refractivity contribution in [2.24, 2.45) is 0 Å². The van der Waals surface area contributed by atoms with Crippen LogP contribution >= 0.6 is 0 Å². The average molecular weight is 405 g/mol. The zero-order valence-electron chi connectivity index (χ0n) is 17.9. The first-order chi connectivity index (χ1) is 13.8.